The highest BCUT2D eigenvalue weighted by molar-refractivity contribution is 5.99. The Morgan fingerprint density at radius 3 is 2.37 bits per heavy atom. The molecule has 0 amide bonds. The van der Waals surface area contributed by atoms with Gasteiger partial charge < -0.3 is 10.2 Å². The zero-order chi connectivity index (χ0) is 26.4. The summed E-state index contributed by atoms with van der Waals surface area (Å²) in [6.07, 6.45) is 10.3. The third-order valence-electron chi connectivity index (χ3n) is 8.78. The second-order valence-electron chi connectivity index (χ2n) is 11.4. The number of ketones is 1. The Kier molecular flexibility index (Phi) is 6.63. The van der Waals surface area contributed by atoms with Gasteiger partial charge in [-0.3, -0.25) is 19.1 Å². The Morgan fingerprint density at radius 2 is 1.74 bits per heavy atom. The molecule has 6 rings (SSSR count). The number of hydrogen-bond acceptors (Lipinski definition) is 8. The van der Waals surface area contributed by atoms with E-state index in [2.05, 4.69) is 38.1 Å². The summed E-state index contributed by atoms with van der Waals surface area (Å²) in [6, 6.07) is 4.88. The van der Waals surface area contributed by atoms with E-state index in [9.17, 15) is 9.59 Å². The first kappa shape index (κ1) is 25.0. The van der Waals surface area contributed by atoms with E-state index in [1.807, 2.05) is 19.2 Å². The summed E-state index contributed by atoms with van der Waals surface area (Å²) in [6.45, 7) is 9.86. The standard InChI is InChI=1S/C29H37N7O2/c1-18-14-23(15-18)35-12-10-34(11-13-35)22-8-9-25(30-16-22)32-29-31-17-24-19(2)26(20(3)37)28(38)36(27(24)33-29)21-6-4-5-7-21/h8-9,16-18,21,23H,4-7,10-15H2,1-3H3,(H,30,31,32,33). The number of pyridine rings is 2. The topological polar surface area (TPSA) is 96.2 Å². The lowest BCUT2D eigenvalue weighted by molar-refractivity contribution is 0.0810. The van der Waals surface area contributed by atoms with Gasteiger partial charge in [-0.25, -0.2) is 9.97 Å². The fourth-order valence-corrected chi connectivity index (χ4v) is 6.57. The molecule has 38 heavy (non-hydrogen) atoms. The van der Waals surface area contributed by atoms with Gasteiger partial charge in [0.1, 0.15) is 11.5 Å². The number of rotatable bonds is 6. The lowest BCUT2D eigenvalue weighted by Crippen LogP contribution is -2.53. The predicted octanol–water partition coefficient (Wildman–Crippen LogP) is 4.48. The van der Waals surface area contributed by atoms with Crippen molar-refractivity contribution >= 4 is 34.3 Å². The maximum atomic E-state index is 13.4. The maximum absolute atomic E-state index is 13.4. The van der Waals surface area contributed by atoms with E-state index in [0.717, 1.165) is 74.9 Å². The molecule has 200 valence electrons. The van der Waals surface area contributed by atoms with Crippen LogP contribution in [0.1, 0.15) is 74.3 Å². The van der Waals surface area contributed by atoms with Crippen molar-refractivity contribution in [2.24, 2.45) is 5.92 Å². The number of anilines is 3. The highest BCUT2D eigenvalue weighted by Crippen LogP contribution is 2.33. The zero-order valence-electron chi connectivity index (χ0n) is 22.6. The van der Waals surface area contributed by atoms with Crippen LogP contribution in [0.3, 0.4) is 0 Å². The number of fused-ring (bicyclic) bond motifs is 1. The minimum atomic E-state index is -0.242. The van der Waals surface area contributed by atoms with Crippen molar-refractivity contribution in [2.75, 3.05) is 36.4 Å². The number of carbonyl (C=O) groups is 1. The van der Waals surface area contributed by atoms with Crippen LogP contribution in [0, 0.1) is 12.8 Å². The van der Waals surface area contributed by atoms with Gasteiger partial charge in [0.25, 0.3) is 5.56 Å². The van der Waals surface area contributed by atoms with Crippen molar-refractivity contribution in [1.29, 1.82) is 0 Å². The Morgan fingerprint density at radius 1 is 1.00 bits per heavy atom. The highest BCUT2D eigenvalue weighted by atomic mass is 16.1. The highest BCUT2D eigenvalue weighted by Gasteiger charge is 2.32. The molecule has 1 aliphatic heterocycles. The molecule has 0 aromatic carbocycles. The molecule has 3 aromatic heterocycles. The van der Waals surface area contributed by atoms with E-state index in [4.69, 9.17) is 4.98 Å². The summed E-state index contributed by atoms with van der Waals surface area (Å²) < 4.78 is 1.74. The molecule has 0 bridgehead atoms. The molecular weight excluding hydrogens is 478 g/mol. The lowest BCUT2D eigenvalue weighted by atomic mass is 9.80. The fourth-order valence-electron chi connectivity index (χ4n) is 6.57. The second-order valence-corrected chi connectivity index (χ2v) is 11.4. The summed E-state index contributed by atoms with van der Waals surface area (Å²) in [5.41, 5.74) is 2.35. The first-order valence-corrected chi connectivity index (χ1v) is 14.0. The molecule has 0 radical (unpaired) electrons. The molecule has 9 nitrogen and oxygen atoms in total. The van der Waals surface area contributed by atoms with Crippen LogP contribution in [0.4, 0.5) is 17.5 Å². The summed E-state index contributed by atoms with van der Waals surface area (Å²) in [5.74, 6) is 1.71. The first-order valence-electron chi connectivity index (χ1n) is 14.0. The van der Waals surface area contributed by atoms with E-state index in [1.165, 1.54) is 19.8 Å². The largest absolute Gasteiger partial charge is 0.368 e. The quantitative estimate of drug-likeness (QED) is 0.480. The summed E-state index contributed by atoms with van der Waals surface area (Å²) >= 11 is 0. The minimum Gasteiger partial charge on any atom is -0.368 e. The van der Waals surface area contributed by atoms with Crippen LogP contribution in [-0.4, -0.2) is 62.4 Å². The van der Waals surface area contributed by atoms with Gasteiger partial charge in [0, 0.05) is 49.8 Å². The molecule has 2 saturated carbocycles. The monoisotopic (exact) mass is 515 g/mol. The maximum Gasteiger partial charge on any atom is 0.263 e. The van der Waals surface area contributed by atoms with Crippen LogP contribution in [0.15, 0.2) is 29.3 Å². The molecule has 1 saturated heterocycles. The second kappa shape index (κ2) is 10.1. The fraction of sp³-hybridized carbons (Fsp3) is 0.552. The summed E-state index contributed by atoms with van der Waals surface area (Å²) in [7, 11) is 0. The lowest BCUT2D eigenvalue weighted by Gasteiger charge is -2.46. The van der Waals surface area contributed by atoms with E-state index in [1.54, 1.807) is 10.8 Å². The molecular formula is C29H37N7O2. The molecule has 4 heterocycles. The van der Waals surface area contributed by atoms with Gasteiger partial charge in [0.15, 0.2) is 5.78 Å². The summed E-state index contributed by atoms with van der Waals surface area (Å²) in [5, 5.41) is 3.96. The molecule has 1 N–H and O–H groups in total. The number of aryl methyl sites for hydroxylation is 1. The van der Waals surface area contributed by atoms with Crippen LogP contribution in [-0.2, 0) is 0 Å². The molecule has 0 unspecified atom stereocenters. The number of aromatic nitrogens is 4. The number of piperazine rings is 1. The van der Waals surface area contributed by atoms with Crippen molar-refractivity contribution in [3.05, 3.63) is 46.0 Å². The van der Waals surface area contributed by atoms with Crippen LogP contribution in [0.2, 0.25) is 0 Å². The molecule has 3 fully saturated rings. The Balaban J connectivity index is 1.22. The van der Waals surface area contributed by atoms with Gasteiger partial charge in [0.05, 0.1) is 17.4 Å². The van der Waals surface area contributed by atoms with Gasteiger partial charge in [0.2, 0.25) is 5.95 Å². The minimum absolute atomic E-state index is 0.0528. The molecule has 2 aliphatic carbocycles. The van der Waals surface area contributed by atoms with Gasteiger partial charge >= 0.3 is 0 Å². The number of nitrogens with zero attached hydrogens (tertiary/aromatic N) is 6. The molecule has 9 heteroatoms. The van der Waals surface area contributed by atoms with E-state index in [-0.39, 0.29) is 22.9 Å². The number of Topliss-reactive ketones (excluding diaryl/α,β-unsaturated/α-hetero) is 1. The smallest absolute Gasteiger partial charge is 0.263 e. The number of nitrogens with one attached hydrogen (secondary N) is 1. The van der Waals surface area contributed by atoms with Crippen molar-refractivity contribution in [2.45, 2.75) is 71.4 Å². The van der Waals surface area contributed by atoms with Crippen LogP contribution in [0.5, 0.6) is 0 Å². The molecule has 0 spiro atoms. The average molecular weight is 516 g/mol. The first-order chi connectivity index (χ1) is 18.4. The van der Waals surface area contributed by atoms with Crippen molar-refractivity contribution in [3.8, 4) is 0 Å². The van der Waals surface area contributed by atoms with E-state index >= 15 is 0 Å². The van der Waals surface area contributed by atoms with E-state index < -0.39 is 0 Å². The van der Waals surface area contributed by atoms with E-state index in [0.29, 0.717) is 23.0 Å². The van der Waals surface area contributed by atoms with Gasteiger partial charge in [-0.05, 0) is 63.1 Å². The van der Waals surface area contributed by atoms with Crippen LogP contribution in [0.25, 0.3) is 11.0 Å². The van der Waals surface area contributed by atoms with Crippen LogP contribution < -0.4 is 15.8 Å². The third kappa shape index (κ3) is 4.57. The average Bonchev–Trinajstić information content (AvgIpc) is 3.42. The van der Waals surface area contributed by atoms with Crippen molar-refractivity contribution < 1.29 is 4.79 Å². The Hall–Kier alpha value is -3.33. The predicted molar refractivity (Wildman–Crippen MR) is 150 cm³/mol. The molecule has 3 aromatic rings. The Labute approximate surface area is 223 Å². The van der Waals surface area contributed by atoms with Gasteiger partial charge in [-0.15, -0.1) is 0 Å². The third-order valence-corrected chi connectivity index (χ3v) is 8.78. The van der Waals surface area contributed by atoms with Gasteiger partial charge in [-0.1, -0.05) is 19.8 Å². The van der Waals surface area contributed by atoms with Gasteiger partial charge in [-0.2, -0.15) is 4.98 Å². The van der Waals surface area contributed by atoms with Crippen LogP contribution >= 0.6 is 0 Å². The summed E-state index contributed by atoms with van der Waals surface area (Å²) in [4.78, 5) is 44.7. The molecule has 0 atom stereocenters. The number of hydrogen-bond donors (Lipinski definition) is 1. The zero-order valence-corrected chi connectivity index (χ0v) is 22.6. The molecule has 3 aliphatic rings. The normalized spacial score (nSPS) is 22.6. The van der Waals surface area contributed by atoms with Crippen molar-refractivity contribution in [1.82, 2.24) is 24.4 Å². The Bertz CT molecular complexity index is 1400. The van der Waals surface area contributed by atoms with Crippen molar-refractivity contribution in [3.63, 3.8) is 0 Å². The SMILES string of the molecule is CC(=O)c1c(C)c2cnc(Nc3ccc(N4CCN(C5CC(C)C5)CC4)cn3)nc2n(C2CCCC2)c1=O. The number of carbonyl (C=O) groups excluding carboxylic acids is 1.